The second-order valence-corrected chi connectivity index (χ2v) is 4.27. The van der Waals surface area contributed by atoms with Crippen LogP contribution in [0.2, 0.25) is 0 Å². The van der Waals surface area contributed by atoms with E-state index in [4.69, 9.17) is 0 Å². The highest BCUT2D eigenvalue weighted by Gasteiger charge is 2.24. The van der Waals surface area contributed by atoms with Gasteiger partial charge in [-0.3, -0.25) is 9.78 Å². The van der Waals surface area contributed by atoms with Crippen molar-refractivity contribution < 1.29 is 4.79 Å². The minimum Gasteiger partial charge on any atom is -0.348 e. The van der Waals surface area contributed by atoms with Crippen molar-refractivity contribution in [3.8, 4) is 0 Å². The molecule has 1 aliphatic carbocycles. The molecule has 80 valence electrons. The molecular weight excluding hydrogens is 188 g/mol. The van der Waals surface area contributed by atoms with E-state index in [-0.39, 0.29) is 11.9 Å². The van der Waals surface area contributed by atoms with Crippen LogP contribution in [-0.4, -0.2) is 16.9 Å². The van der Waals surface area contributed by atoms with Crippen molar-refractivity contribution in [1.29, 1.82) is 0 Å². The Labute approximate surface area is 89.9 Å². The van der Waals surface area contributed by atoms with Crippen LogP contribution in [0.4, 0.5) is 0 Å². The molecule has 1 heterocycles. The van der Waals surface area contributed by atoms with Gasteiger partial charge in [0, 0.05) is 12.2 Å². The zero-order chi connectivity index (χ0) is 10.7. The first-order chi connectivity index (χ1) is 7.25. The van der Waals surface area contributed by atoms with E-state index in [1.165, 1.54) is 12.8 Å². The molecule has 0 aromatic carbocycles. The molecule has 3 heteroatoms. The molecule has 1 saturated carbocycles. The van der Waals surface area contributed by atoms with Crippen LogP contribution in [0.5, 0.6) is 0 Å². The Kier molecular flexibility index (Phi) is 2.99. The van der Waals surface area contributed by atoms with Crippen molar-refractivity contribution in [2.45, 2.75) is 32.2 Å². The molecule has 2 rings (SSSR count). The highest BCUT2D eigenvalue weighted by atomic mass is 16.1. The number of pyridine rings is 1. The van der Waals surface area contributed by atoms with Gasteiger partial charge in [-0.05, 0) is 31.4 Å². The number of aromatic nitrogens is 1. The molecule has 3 nitrogen and oxygen atoms in total. The second kappa shape index (κ2) is 4.43. The Morgan fingerprint density at radius 1 is 1.60 bits per heavy atom. The van der Waals surface area contributed by atoms with Gasteiger partial charge in [0.2, 0.25) is 0 Å². The lowest BCUT2D eigenvalue weighted by Gasteiger charge is -2.12. The van der Waals surface area contributed by atoms with E-state index in [1.807, 2.05) is 12.1 Å². The standard InChI is InChI=1S/C12H16N2O/c1-9(8-10-5-6-10)14-12(15)11-4-2-3-7-13-11/h2-4,7,9-10H,5-6,8H2,1H3,(H,14,15). The third-order valence-corrected chi connectivity index (χ3v) is 2.66. The van der Waals surface area contributed by atoms with Gasteiger partial charge < -0.3 is 5.32 Å². The first-order valence-corrected chi connectivity index (χ1v) is 5.47. The van der Waals surface area contributed by atoms with Gasteiger partial charge in [0.1, 0.15) is 5.69 Å². The molecule has 1 atom stereocenters. The fraction of sp³-hybridized carbons (Fsp3) is 0.500. The van der Waals surface area contributed by atoms with Crippen molar-refractivity contribution in [2.24, 2.45) is 5.92 Å². The highest BCUT2D eigenvalue weighted by molar-refractivity contribution is 5.92. The van der Waals surface area contributed by atoms with Crippen LogP contribution < -0.4 is 5.32 Å². The number of nitrogens with zero attached hydrogens (tertiary/aromatic N) is 1. The van der Waals surface area contributed by atoms with E-state index in [1.54, 1.807) is 12.3 Å². The van der Waals surface area contributed by atoms with Gasteiger partial charge in [0.25, 0.3) is 5.91 Å². The van der Waals surface area contributed by atoms with Gasteiger partial charge in [-0.15, -0.1) is 0 Å². The lowest BCUT2D eigenvalue weighted by molar-refractivity contribution is 0.0932. The fourth-order valence-electron chi connectivity index (χ4n) is 1.71. The van der Waals surface area contributed by atoms with E-state index in [9.17, 15) is 4.79 Å². The third kappa shape index (κ3) is 3.05. The fourth-order valence-corrected chi connectivity index (χ4v) is 1.71. The average molecular weight is 204 g/mol. The average Bonchev–Trinajstić information content (AvgIpc) is 3.03. The molecule has 0 spiro atoms. The maximum absolute atomic E-state index is 11.7. The van der Waals surface area contributed by atoms with Crippen LogP contribution in [0.25, 0.3) is 0 Å². The third-order valence-electron chi connectivity index (χ3n) is 2.66. The summed E-state index contributed by atoms with van der Waals surface area (Å²) in [6.07, 6.45) is 5.38. The molecule has 0 radical (unpaired) electrons. The molecule has 1 amide bonds. The van der Waals surface area contributed by atoms with E-state index in [0.29, 0.717) is 5.69 Å². The van der Waals surface area contributed by atoms with Gasteiger partial charge in [0.05, 0.1) is 0 Å². The molecule has 1 aromatic heterocycles. The quantitative estimate of drug-likeness (QED) is 0.815. The molecule has 1 aliphatic rings. The summed E-state index contributed by atoms with van der Waals surface area (Å²) in [6.45, 7) is 2.05. The normalized spacial score (nSPS) is 17.1. The van der Waals surface area contributed by atoms with Crippen LogP contribution in [0.1, 0.15) is 36.7 Å². The summed E-state index contributed by atoms with van der Waals surface area (Å²) in [5, 5.41) is 2.97. The Balaban J connectivity index is 1.85. The molecule has 0 saturated heterocycles. The van der Waals surface area contributed by atoms with Gasteiger partial charge in [-0.2, -0.15) is 0 Å². The van der Waals surface area contributed by atoms with E-state index >= 15 is 0 Å². The molecule has 0 aliphatic heterocycles. The lowest BCUT2D eigenvalue weighted by Crippen LogP contribution is -2.33. The lowest BCUT2D eigenvalue weighted by atomic mass is 10.1. The summed E-state index contributed by atoms with van der Waals surface area (Å²) in [5.74, 6) is 0.771. The number of hydrogen-bond donors (Lipinski definition) is 1. The van der Waals surface area contributed by atoms with Crippen LogP contribution in [0, 0.1) is 5.92 Å². The van der Waals surface area contributed by atoms with Gasteiger partial charge in [-0.25, -0.2) is 0 Å². The Bertz CT molecular complexity index is 333. The van der Waals surface area contributed by atoms with Crippen LogP contribution >= 0.6 is 0 Å². The van der Waals surface area contributed by atoms with Crippen LogP contribution in [0.15, 0.2) is 24.4 Å². The molecular formula is C12H16N2O. The molecule has 1 unspecified atom stereocenters. The van der Waals surface area contributed by atoms with Gasteiger partial charge >= 0.3 is 0 Å². The molecule has 1 aromatic rings. The number of rotatable bonds is 4. The Hall–Kier alpha value is -1.38. The topological polar surface area (TPSA) is 42.0 Å². The number of hydrogen-bond acceptors (Lipinski definition) is 2. The smallest absolute Gasteiger partial charge is 0.270 e. The molecule has 0 bridgehead atoms. The van der Waals surface area contributed by atoms with E-state index < -0.39 is 0 Å². The second-order valence-electron chi connectivity index (χ2n) is 4.27. The van der Waals surface area contributed by atoms with Crippen molar-refractivity contribution >= 4 is 5.91 Å². The maximum atomic E-state index is 11.7. The first-order valence-electron chi connectivity index (χ1n) is 5.47. The molecule has 1 N–H and O–H groups in total. The number of carbonyl (C=O) groups is 1. The summed E-state index contributed by atoms with van der Waals surface area (Å²) in [7, 11) is 0. The SMILES string of the molecule is CC(CC1CC1)NC(=O)c1ccccn1. The van der Waals surface area contributed by atoms with Gasteiger partial charge in [0.15, 0.2) is 0 Å². The Morgan fingerprint density at radius 2 is 2.40 bits per heavy atom. The summed E-state index contributed by atoms with van der Waals surface area (Å²) < 4.78 is 0. The first kappa shape index (κ1) is 10.1. The van der Waals surface area contributed by atoms with Crippen molar-refractivity contribution in [2.75, 3.05) is 0 Å². The predicted octanol–water partition coefficient (Wildman–Crippen LogP) is 2.00. The summed E-state index contributed by atoms with van der Waals surface area (Å²) in [6, 6.07) is 5.63. The van der Waals surface area contributed by atoms with Crippen LogP contribution in [-0.2, 0) is 0 Å². The predicted molar refractivity (Wildman–Crippen MR) is 58.5 cm³/mol. The maximum Gasteiger partial charge on any atom is 0.270 e. The van der Waals surface area contributed by atoms with Gasteiger partial charge in [-0.1, -0.05) is 18.9 Å². The van der Waals surface area contributed by atoms with Crippen molar-refractivity contribution in [1.82, 2.24) is 10.3 Å². The Morgan fingerprint density at radius 3 is 3.00 bits per heavy atom. The summed E-state index contributed by atoms with van der Waals surface area (Å²) in [5.41, 5.74) is 0.500. The number of nitrogens with one attached hydrogen (secondary N) is 1. The monoisotopic (exact) mass is 204 g/mol. The van der Waals surface area contributed by atoms with Crippen molar-refractivity contribution in [3.05, 3.63) is 30.1 Å². The number of amides is 1. The van der Waals surface area contributed by atoms with E-state index in [0.717, 1.165) is 12.3 Å². The largest absolute Gasteiger partial charge is 0.348 e. The van der Waals surface area contributed by atoms with Crippen molar-refractivity contribution in [3.63, 3.8) is 0 Å². The zero-order valence-electron chi connectivity index (χ0n) is 8.94. The minimum absolute atomic E-state index is 0.0660. The molecule has 1 fully saturated rings. The number of carbonyl (C=O) groups excluding carboxylic acids is 1. The highest BCUT2D eigenvalue weighted by Crippen LogP contribution is 2.33. The van der Waals surface area contributed by atoms with E-state index in [2.05, 4.69) is 17.2 Å². The summed E-state index contributed by atoms with van der Waals surface area (Å²) >= 11 is 0. The summed E-state index contributed by atoms with van der Waals surface area (Å²) in [4.78, 5) is 15.7. The van der Waals surface area contributed by atoms with Crippen LogP contribution in [0.3, 0.4) is 0 Å². The zero-order valence-corrected chi connectivity index (χ0v) is 8.94. The molecule has 15 heavy (non-hydrogen) atoms. The minimum atomic E-state index is -0.0660.